The molecule has 0 spiro atoms. The lowest BCUT2D eigenvalue weighted by Gasteiger charge is -2.65. The van der Waals surface area contributed by atoms with Gasteiger partial charge in [0, 0.05) is 57.8 Å². The summed E-state index contributed by atoms with van der Waals surface area (Å²) in [7, 11) is 0. The fraction of sp³-hybridized carbons (Fsp3) is 0.903. The van der Waals surface area contributed by atoms with E-state index in [4.69, 9.17) is 14.2 Å². The van der Waals surface area contributed by atoms with Crippen LogP contribution in [-0.4, -0.2) is 54.0 Å². The Balaban J connectivity index is 1.64. The molecule has 0 radical (unpaired) electrons. The molecule has 6 heteroatoms. The normalized spacial score (nSPS) is 30.1. The number of Topliss-reactive ketones (excluding diaryl/α,β-unsaturated/α-hetero) is 3. The quantitative estimate of drug-likeness (QED) is 0.168. The van der Waals surface area contributed by atoms with Crippen molar-refractivity contribution >= 4 is 17.3 Å². The van der Waals surface area contributed by atoms with Crippen LogP contribution in [0, 0.1) is 5.92 Å². The molecule has 0 unspecified atom stereocenters. The van der Waals surface area contributed by atoms with Crippen molar-refractivity contribution in [1.82, 2.24) is 0 Å². The molecular formula is C31H52O6. The van der Waals surface area contributed by atoms with E-state index in [2.05, 4.69) is 20.8 Å². The van der Waals surface area contributed by atoms with E-state index in [0.29, 0.717) is 64.3 Å². The molecule has 0 aromatic rings. The number of carbonyl (C=O) groups is 3. The summed E-state index contributed by atoms with van der Waals surface area (Å²) in [5.74, 6) is 1.28. The molecule has 4 saturated carbocycles. The highest BCUT2D eigenvalue weighted by atomic mass is 16.5. The number of hydrogen-bond donors (Lipinski definition) is 0. The minimum atomic E-state index is -0.344. The molecule has 0 heterocycles. The smallest absolute Gasteiger partial charge is 0.135 e. The highest BCUT2D eigenvalue weighted by Crippen LogP contribution is 2.63. The molecule has 4 fully saturated rings. The van der Waals surface area contributed by atoms with Crippen LogP contribution >= 0.6 is 0 Å². The van der Waals surface area contributed by atoms with Crippen molar-refractivity contribution in [1.29, 1.82) is 0 Å². The Labute approximate surface area is 224 Å². The predicted molar refractivity (Wildman–Crippen MR) is 145 cm³/mol. The van der Waals surface area contributed by atoms with Gasteiger partial charge in [-0.1, -0.05) is 40.0 Å². The van der Waals surface area contributed by atoms with Gasteiger partial charge in [0.2, 0.25) is 0 Å². The third-order valence-corrected chi connectivity index (χ3v) is 8.71. The molecule has 0 N–H and O–H groups in total. The first-order valence-corrected chi connectivity index (χ1v) is 15.2. The van der Waals surface area contributed by atoms with Crippen molar-refractivity contribution in [2.24, 2.45) is 5.92 Å². The lowest BCUT2D eigenvalue weighted by atomic mass is 9.50. The second-order valence-electron chi connectivity index (χ2n) is 12.3. The van der Waals surface area contributed by atoms with E-state index < -0.39 is 0 Å². The summed E-state index contributed by atoms with van der Waals surface area (Å²) >= 11 is 0. The van der Waals surface area contributed by atoms with Gasteiger partial charge in [0.15, 0.2) is 0 Å². The Bertz CT molecular complexity index is 653. The van der Waals surface area contributed by atoms with Crippen LogP contribution in [0.1, 0.15) is 136 Å². The minimum Gasteiger partial charge on any atom is -0.374 e. The zero-order chi connectivity index (χ0) is 26.8. The van der Waals surface area contributed by atoms with Crippen LogP contribution < -0.4 is 0 Å². The van der Waals surface area contributed by atoms with Gasteiger partial charge in [0.05, 0.1) is 36.6 Å². The van der Waals surface area contributed by atoms with Crippen molar-refractivity contribution < 1.29 is 28.6 Å². The Hall–Kier alpha value is -1.11. The topological polar surface area (TPSA) is 78.9 Å². The molecule has 4 aliphatic carbocycles. The van der Waals surface area contributed by atoms with Crippen LogP contribution in [0.2, 0.25) is 0 Å². The molecule has 0 aromatic carbocycles. The third kappa shape index (κ3) is 8.96. The molecule has 0 aromatic heterocycles. The average Bonchev–Trinajstić information content (AvgIpc) is 2.83. The first-order chi connectivity index (χ1) is 17.8. The molecule has 0 atom stereocenters. The standard InChI is InChI=1S/C31H52O6/c1-4-7-10-26(32)13-16-35-29-19-25-20-30(22-29,36-17-14-27(33)11-8-5-2)24-31(21-25,23-29)37-18-15-28(34)12-9-6-3/h25H,4-24H2,1-3H3. The second-order valence-corrected chi connectivity index (χ2v) is 12.3. The van der Waals surface area contributed by atoms with Gasteiger partial charge in [-0.3, -0.25) is 14.4 Å². The number of rotatable bonds is 21. The van der Waals surface area contributed by atoms with Gasteiger partial charge in [-0.25, -0.2) is 0 Å². The van der Waals surface area contributed by atoms with Crippen LogP contribution in [0.5, 0.6) is 0 Å². The van der Waals surface area contributed by atoms with Crippen LogP contribution in [-0.2, 0) is 28.6 Å². The van der Waals surface area contributed by atoms with E-state index >= 15 is 0 Å². The van der Waals surface area contributed by atoms with Crippen molar-refractivity contribution in [2.75, 3.05) is 19.8 Å². The molecule has 0 amide bonds. The monoisotopic (exact) mass is 520 g/mol. The molecule has 4 bridgehead atoms. The number of ether oxygens (including phenoxy) is 3. The van der Waals surface area contributed by atoms with Gasteiger partial charge in [-0.05, 0) is 44.4 Å². The lowest BCUT2D eigenvalue weighted by molar-refractivity contribution is -0.290. The van der Waals surface area contributed by atoms with Crippen molar-refractivity contribution in [3.63, 3.8) is 0 Å². The number of carbonyl (C=O) groups excluding carboxylic acids is 3. The largest absolute Gasteiger partial charge is 0.374 e. The highest BCUT2D eigenvalue weighted by molar-refractivity contribution is 5.79. The summed E-state index contributed by atoms with van der Waals surface area (Å²) in [6, 6.07) is 0. The molecule has 4 aliphatic rings. The van der Waals surface area contributed by atoms with E-state index in [1.54, 1.807) is 0 Å². The molecule has 0 saturated heterocycles. The summed E-state index contributed by atoms with van der Waals surface area (Å²) in [5, 5.41) is 0. The maximum Gasteiger partial charge on any atom is 0.135 e. The average molecular weight is 521 g/mol. The summed E-state index contributed by atoms with van der Waals surface area (Å²) in [6.45, 7) is 7.66. The Morgan fingerprint density at radius 3 is 1.11 bits per heavy atom. The van der Waals surface area contributed by atoms with Gasteiger partial charge in [-0.15, -0.1) is 0 Å². The van der Waals surface area contributed by atoms with Crippen molar-refractivity contribution in [2.45, 2.75) is 153 Å². The number of ketones is 3. The first kappa shape index (κ1) is 30.4. The molecule has 0 aliphatic heterocycles. The summed E-state index contributed by atoms with van der Waals surface area (Å²) in [5.41, 5.74) is -1.03. The van der Waals surface area contributed by atoms with Gasteiger partial charge >= 0.3 is 0 Å². The third-order valence-electron chi connectivity index (χ3n) is 8.71. The van der Waals surface area contributed by atoms with E-state index in [9.17, 15) is 14.4 Å². The molecule has 4 rings (SSSR count). The zero-order valence-electron chi connectivity index (χ0n) is 23.9. The molecule has 212 valence electrons. The summed E-state index contributed by atoms with van der Waals surface area (Å²) in [6.07, 6.45) is 14.6. The Kier molecular flexibility index (Phi) is 11.8. The van der Waals surface area contributed by atoms with Gasteiger partial charge in [0.25, 0.3) is 0 Å². The zero-order valence-corrected chi connectivity index (χ0v) is 23.9. The van der Waals surface area contributed by atoms with Gasteiger partial charge < -0.3 is 14.2 Å². The lowest BCUT2D eigenvalue weighted by Crippen LogP contribution is -2.68. The van der Waals surface area contributed by atoms with E-state index in [1.165, 1.54) is 0 Å². The number of hydrogen-bond acceptors (Lipinski definition) is 6. The fourth-order valence-corrected chi connectivity index (χ4v) is 7.30. The minimum absolute atomic E-state index is 0.277. The molecule has 6 nitrogen and oxygen atoms in total. The van der Waals surface area contributed by atoms with Crippen LogP contribution in [0.4, 0.5) is 0 Å². The number of unbranched alkanes of at least 4 members (excludes halogenated alkanes) is 3. The van der Waals surface area contributed by atoms with Crippen molar-refractivity contribution in [3.05, 3.63) is 0 Å². The first-order valence-electron chi connectivity index (χ1n) is 15.2. The molecular weight excluding hydrogens is 468 g/mol. The SMILES string of the molecule is CCCCC(=O)CCOC12CC3CC(OCCC(=O)CCCC)(C1)CC(OCCC(=O)CCCC)(C3)C2. The Morgan fingerprint density at radius 2 is 0.838 bits per heavy atom. The van der Waals surface area contributed by atoms with Crippen LogP contribution in [0.15, 0.2) is 0 Å². The van der Waals surface area contributed by atoms with Gasteiger partial charge in [-0.2, -0.15) is 0 Å². The summed E-state index contributed by atoms with van der Waals surface area (Å²) in [4.78, 5) is 36.8. The van der Waals surface area contributed by atoms with Crippen LogP contribution in [0.25, 0.3) is 0 Å². The van der Waals surface area contributed by atoms with E-state index in [-0.39, 0.29) is 34.2 Å². The molecule has 37 heavy (non-hydrogen) atoms. The van der Waals surface area contributed by atoms with Crippen LogP contribution in [0.3, 0.4) is 0 Å². The maximum absolute atomic E-state index is 12.3. The van der Waals surface area contributed by atoms with E-state index in [0.717, 1.165) is 77.0 Å². The fourth-order valence-electron chi connectivity index (χ4n) is 7.30. The Morgan fingerprint density at radius 1 is 0.541 bits per heavy atom. The van der Waals surface area contributed by atoms with E-state index in [1.807, 2.05) is 0 Å². The van der Waals surface area contributed by atoms with Crippen molar-refractivity contribution in [3.8, 4) is 0 Å². The summed E-state index contributed by atoms with van der Waals surface area (Å²) < 4.78 is 19.8. The maximum atomic E-state index is 12.3. The second kappa shape index (κ2) is 14.3. The predicted octanol–water partition coefficient (Wildman–Crippen LogP) is 6.70. The van der Waals surface area contributed by atoms with Gasteiger partial charge in [0.1, 0.15) is 17.3 Å². The highest BCUT2D eigenvalue weighted by Gasteiger charge is 2.65.